The Morgan fingerprint density at radius 3 is 2.50 bits per heavy atom. The van der Waals surface area contributed by atoms with E-state index in [-0.39, 0.29) is 18.8 Å². The Hall–Kier alpha value is -2.46. The molecule has 0 fully saturated rings. The van der Waals surface area contributed by atoms with E-state index in [1.165, 1.54) is 6.33 Å². The molecule has 0 aliphatic carbocycles. The summed E-state index contributed by atoms with van der Waals surface area (Å²) in [6.45, 7) is 4.16. The lowest BCUT2D eigenvalue weighted by Gasteiger charge is -2.26. The van der Waals surface area contributed by atoms with Crippen LogP contribution in [0.2, 0.25) is 0 Å². The molecule has 1 aromatic rings. The van der Waals surface area contributed by atoms with E-state index in [1.807, 2.05) is 13.8 Å². The minimum atomic E-state index is -1.12. The summed E-state index contributed by atoms with van der Waals surface area (Å²) < 4.78 is 0. The molecule has 0 spiro atoms. The van der Waals surface area contributed by atoms with Crippen LogP contribution < -0.4 is 22.1 Å². The molecular weight excluding hydrogens is 364 g/mol. The number of amides is 2. The summed E-state index contributed by atoms with van der Waals surface area (Å²) in [4.78, 5) is 43.3. The number of aromatic amines is 1. The first kappa shape index (κ1) is 23.6. The van der Waals surface area contributed by atoms with Crippen molar-refractivity contribution in [2.45, 2.75) is 64.1 Å². The lowest BCUT2D eigenvalue weighted by Crippen LogP contribution is -2.56. The molecule has 8 N–H and O–H groups in total. The van der Waals surface area contributed by atoms with Crippen LogP contribution in [0, 0.1) is 5.92 Å². The summed E-state index contributed by atoms with van der Waals surface area (Å²) in [7, 11) is 0. The summed E-state index contributed by atoms with van der Waals surface area (Å²) >= 11 is 0. The number of hydrogen-bond donors (Lipinski definition) is 6. The van der Waals surface area contributed by atoms with Gasteiger partial charge in [-0.2, -0.15) is 0 Å². The highest BCUT2D eigenvalue weighted by atomic mass is 16.4. The monoisotopic (exact) mass is 396 g/mol. The molecule has 10 heteroatoms. The van der Waals surface area contributed by atoms with E-state index in [1.54, 1.807) is 6.20 Å². The van der Waals surface area contributed by atoms with Gasteiger partial charge >= 0.3 is 5.97 Å². The van der Waals surface area contributed by atoms with Gasteiger partial charge < -0.3 is 32.2 Å². The fraction of sp³-hybridized carbons (Fsp3) is 0.667. The smallest absolute Gasteiger partial charge is 0.326 e. The number of carboxylic acids is 1. The number of hydrogen-bond acceptors (Lipinski definition) is 6. The second kappa shape index (κ2) is 12.1. The number of carbonyl (C=O) groups excluding carboxylic acids is 2. The van der Waals surface area contributed by atoms with Crippen LogP contribution >= 0.6 is 0 Å². The molecule has 1 heterocycles. The van der Waals surface area contributed by atoms with Crippen molar-refractivity contribution in [2.24, 2.45) is 17.4 Å². The van der Waals surface area contributed by atoms with Crippen molar-refractivity contribution in [1.82, 2.24) is 20.6 Å². The van der Waals surface area contributed by atoms with Crippen LogP contribution in [-0.2, 0) is 20.8 Å². The minimum absolute atomic E-state index is 0.193. The molecule has 28 heavy (non-hydrogen) atoms. The number of unbranched alkanes of at least 4 members (excludes halogenated alkanes) is 1. The predicted octanol–water partition coefficient (Wildman–Crippen LogP) is -0.491. The van der Waals surface area contributed by atoms with Crippen LogP contribution in [0.4, 0.5) is 0 Å². The van der Waals surface area contributed by atoms with Gasteiger partial charge in [0.25, 0.3) is 0 Å². The number of nitrogens with zero attached hydrogens (tertiary/aromatic N) is 1. The maximum atomic E-state index is 12.7. The molecule has 0 bridgehead atoms. The molecule has 1 rings (SSSR count). The van der Waals surface area contributed by atoms with Crippen LogP contribution in [-0.4, -0.2) is 57.5 Å². The average molecular weight is 396 g/mol. The average Bonchev–Trinajstić information content (AvgIpc) is 3.17. The number of imidazole rings is 1. The van der Waals surface area contributed by atoms with Crippen molar-refractivity contribution < 1.29 is 19.5 Å². The zero-order valence-electron chi connectivity index (χ0n) is 16.5. The fourth-order valence-electron chi connectivity index (χ4n) is 2.70. The second-order valence-corrected chi connectivity index (χ2v) is 6.94. The van der Waals surface area contributed by atoms with E-state index in [0.717, 1.165) is 0 Å². The van der Waals surface area contributed by atoms with Gasteiger partial charge in [0.2, 0.25) is 11.8 Å². The quantitative estimate of drug-likeness (QED) is 0.244. The third kappa shape index (κ3) is 7.65. The molecule has 1 aromatic heterocycles. The first-order valence-electron chi connectivity index (χ1n) is 9.56. The van der Waals surface area contributed by atoms with Crippen molar-refractivity contribution in [3.8, 4) is 0 Å². The summed E-state index contributed by atoms with van der Waals surface area (Å²) in [5.74, 6) is -2.32. The molecule has 10 nitrogen and oxygen atoms in total. The van der Waals surface area contributed by atoms with E-state index >= 15 is 0 Å². The lowest BCUT2D eigenvalue weighted by atomic mass is 9.97. The van der Waals surface area contributed by atoms with Crippen LogP contribution in [0.25, 0.3) is 0 Å². The summed E-state index contributed by atoms with van der Waals surface area (Å²) in [6.07, 6.45) is 5.48. The van der Waals surface area contributed by atoms with Crippen LogP contribution in [0.3, 0.4) is 0 Å². The largest absolute Gasteiger partial charge is 0.480 e. The van der Waals surface area contributed by atoms with Gasteiger partial charge in [0.15, 0.2) is 0 Å². The van der Waals surface area contributed by atoms with Crippen molar-refractivity contribution >= 4 is 17.8 Å². The maximum absolute atomic E-state index is 12.7. The lowest BCUT2D eigenvalue weighted by molar-refractivity contribution is -0.142. The number of H-pyrrole nitrogens is 1. The van der Waals surface area contributed by atoms with Gasteiger partial charge in [-0.05, 0) is 31.7 Å². The summed E-state index contributed by atoms with van der Waals surface area (Å²) in [5.41, 5.74) is 12.1. The highest BCUT2D eigenvalue weighted by molar-refractivity contribution is 5.92. The van der Waals surface area contributed by atoms with Crippen LogP contribution in [0.5, 0.6) is 0 Å². The van der Waals surface area contributed by atoms with Crippen LogP contribution in [0.1, 0.15) is 45.2 Å². The number of aromatic nitrogens is 2. The molecule has 4 unspecified atom stereocenters. The molecule has 0 aliphatic heterocycles. The van der Waals surface area contributed by atoms with Crippen molar-refractivity contribution in [3.05, 3.63) is 18.2 Å². The molecule has 0 radical (unpaired) electrons. The minimum Gasteiger partial charge on any atom is -0.480 e. The Bertz CT molecular complexity index is 622. The highest BCUT2D eigenvalue weighted by Crippen LogP contribution is 2.10. The number of nitrogens with one attached hydrogen (secondary N) is 3. The predicted molar refractivity (Wildman–Crippen MR) is 104 cm³/mol. The van der Waals surface area contributed by atoms with E-state index in [4.69, 9.17) is 11.5 Å². The normalized spacial score (nSPS) is 15.3. The maximum Gasteiger partial charge on any atom is 0.326 e. The summed E-state index contributed by atoms with van der Waals surface area (Å²) in [6, 6.07) is -2.76. The zero-order valence-corrected chi connectivity index (χ0v) is 16.5. The molecule has 0 saturated heterocycles. The topological polar surface area (TPSA) is 176 Å². The standard InChI is InChI=1S/C18H32N6O4/c1-3-11(2)15(17(26)23-14(18(27)28)6-4-5-7-19)24-16(25)13(20)8-12-9-21-10-22-12/h9-11,13-15H,3-8,19-20H2,1-2H3,(H,21,22)(H,23,26)(H,24,25)(H,27,28). The van der Waals surface area contributed by atoms with E-state index < -0.39 is 35.9 Å². The molecule has 0 saturated carbocycles. The fourth-order valence-corrected chi connectivity index (χ4v) is 2.70. The Morgan fingerprint density at radius 1 is 1.25 bits per heavy atom. The van der Waals surface area contributed by atoms with Crippen LogP contribution in [0.15, 0.2) is 12.5 Å². The van der Waals surface area contributed by atoms with Crippen molar-refractivity contribution in [3.63, 3.8) is 0 Å². The van der Waals surface area contributed by atoms with Gasteiger partial charge in [-0.1, -0.05) is 20.3 Å². The van der Waals surface area contributed by atoms with E-state index in [0.29, 0.717) is 31.5 Å². The van der Waals surface area contributed by atoms with E-state index in [2.05, 4.69) is 20.6 Å². The summed E-state index contributed by atoms with van der Waals surface area (Å²) in [5, 5.41) is 14.5. The van der Waals surface area contributed by atoms with Gasteiger partial charge in [-0.15, -0.1) is 0 Å². The van der Waals surface area contributed by atoms with Gasteiger partial charge in [-0.3, -0.25) is 9.59 Å². The molecular formula is C18H32N6O4. The third-order valence-electron chi connectivity index (χ3n) is 4.69. The number of rotatable bonds is 13. The second-order valence-electron chi connectivity index (χ2n) is 6.94. The Labute approximate surface area is 164 Å². The molecule has 0 aromatic carbocycles. The van der Waals surface area contributed by atoms with Gasteiger partial charge in [0.05, 0.1) is 12.4 Å². The first-order chi connectivity index (χ1) is 13.3. The first-order valence-corrected chi connectivity index (χ1v) is 9.56. The van der Waals surface area contributed by atoms with Gasteiger partial charge in [-0.25, -0.2) is 9.78 Å². The molecule has 0 aliphatic rings. The Kier molecular flexibility index (Phi) is 10.2. The van der Waals surface area contributed by atoms with Crippen molar-refractivity contribution in [2.75, 3.05) is 6.54 Å². The SMILES string of the molecule is CCC(C)C(NC(=O)C(N)Cc1cnc[nH]1)C(=O)NC(CCCCN)C(=O)O. The molecule has 2 amide bonds. The molecule has 4 atom stereocenters. The van der Waals surface area contributed by atoms with Gasteiger partial charge in [0, 0.05) is 18.3 Å². The number of carbonyl (C=O) groups is 3. The Morgan fingerprint density at radius 2 is 1.96 bits per heavy atom. The van der Waals surface area contributed by atoms with Gasteiger partial charge in [0.1, 0.15) is 12.1 Å². The number of carboxylic acid groups (broad SMARTS) is 1. The molecule has 158 valence electrons. The van der Waals surface area contributed by atoms with Crippen molar-refractivity contribution in [1.29, 1.82) is 0 Å². The third-order valence-corrected chi connectivity index (χ3v) is 4.69. The zero-order chi connectivity index (χ0) is 21.1. The number of nitrogens with two attached hydrogens (primary N) is 2. The van der Waals surface area contributed by atoms with E-state index in [9.17, 15) is 19.5 Å². The highest BCUT2D eigenvalue weighted by Gasteiger charge is 2.30. The number of aliphatic carboxylic acids is 1. The Balaban J connectivity index is 2.75.